The fourth-order valence-electron chi connectivity index (χ4n) is 5.88. The molecule has 184 valence electrons. The molecule has 2 aliphatic carbocycles. The maximum absolute atomic E-state index is 13.4. The minimum atomic E-state index is -0.539. The molecule has 3 heterocycles. The molecule has 0 N–H and O–H groups in total. The Hall–Kier alpha value is -3.48. The van der Waals surface area contributed by atoms with Crippen LogP contribution in [0.25, 0.3) is 22.0 Å². The number of aliphatic imine (C=N–C) groups is 1. The Balaban J connectivity index is 1.15. The van der Waals surface area contributed by atoms with Crippen LogP contribution in [-0.2, 0) is 16.6 Å². The van der Waals surface area contributed by atoms with Crippen molar-refractivity contribution in [2.24, 2.45) is 23.4 Å². The van der Waals surface area contributed by atoms with Crippen molar-refractivity contribution in [3.05, 3.63) is 53.7 Å². The average Bonchev–Trinajstić information content (AvgIpc) is 3.74. The summed E-state index contributed by atoms with van der Waals surface area (Å²) < 4.78 is 1.89. The first-order chi connectivity index (χ1) is 17.3. The number of benzene rings is 2. The largest absolute Gasteiger partial charge is 0.341 e. The monoisotopic (exact) mass is 481 g/mol. The first kappa shape index (κ1) is 21.8. The van der Waals surface area contributed by atoms with Crippen LogP contribution in [0.4, 0.5) is 0 Å². The van der Waals surface area contributed by atoms with Crippen molar-refractivity contribution < 1.29 is 9.59 Å². The van der Waals surface area contributed by atoms with Gasteiger partial charge in [0, 0.05) is 49.0 Å². The van der Waals surface area contributed by atoms with Crippen molar-refractivity contribution in [1.29, 1.82) is 0 Å². The van der Waals surface area contributed by atoms with Crippen LogP contribution < -0.4 is 0 Å². The Morgan fingerprint density at radius 3 is 2.56 bits per heavy atom. The average molecular weight is 482 g/mol. The van der Waals surface area contributed by atoms with Crippen molar-refractivity contribution in [2.45, 2.75) is 45.1 Å². The summed E-state index contributed by atoms with van der Waals surface area (Å²) in [4.78, 5) is 34.9. The number of hydrogen-bond donors (Lipinski definition) is 0. The SMILES string of the molecule is Cc1cc(-c2cccc3c2cnn3C)ccc1C1=NC2(CC2)C(=O)N1CC1CN(C(=O)C2(C)CC2)C1. The topological polar surface area (TPSA) is 70.8 Å². The number of aryl methyl sites for hydroxylation is 2. The van der Waals surface area contributed by atoms with Crippen molar-refractivity contribution in [3.63, 3.8) is 0 Å². The maximum Gasteiger partial charge on any atom is 0.256 e. The number of likely N-dealkylation sites (tertiary alicyclic amines) is 1. The Kier molecular flexibility index (Phi) is 4.40. The molecule has 1 aromatic heterocycles. The number of aromatic nitrogens is 2. The van der Waals surface area contributed by atoms with E-state index in [9.17, 15) is 9.59 Å². The molecule has 3 fully saturated rings. The number of amidine groups is 1. The lowest BCUT2D eigenvalue weighted by atomic mass is 9.94. The first-order valence-corrected chi connectivity index (χ1v) is 13.0. The lowest BCUT2D eigenvalue weighted by Gasteiger charge is -2.42. The highest BCUT2D eigenvalue weighted by atomic mass is 16.2. The molecule has 0 bridgehead atoms. The Bertz CT molecular complexity index is 1470. The van der Waals surface area contributed by atoms with Gasteiger partial charge in [-0.25, -0.2) is 0 Å². The summed E-state index contributed by atoms with van der Waals surface area (Å²) in [5.74, 6) is 1.54. The van der Waals surface area contributed by atoms with Crippen LogP contribution in [0.3, 0.4) is 0 Å². The zero-order chi connectivity index (χ0) is 24.8. The van der Waals surface area contributed by atoms with E-state index in [-0.39, 0.29) is 17.2 Å². The summed E-state index contributed by atoms with van der Waals surface area (Å²) in [6, 6.07) is 12.7. The molecule has 1 spiro atoms. The van der Waals surface area contributed by atoms with Gasteiger partial charge in [-0.3, -0.25) is 24.2 Å². The van der Waals surface area contributed by atoms with Gasteiger partial charge in [0.25, 0.3) is 5.91 Å². The summed E-state index contributed by atoms with van der Waals surface area (Å²) in [5, 5.41) is 5.56. The van der Waals surface area contributed by atoms with Gasteiger partial charge in [0.05, 0.1) is 11.7 Å². The Labute approximate surface area is 210 Å². The second-order valence-corrected chi connectivity index (χ2v) is 11.6. The number of carbonyl (C=O) groups excluding carboxylic acids is 2. The minimum absolute atomic E-state index is 0.127. The van der Waals surface area contributed by atoms with Crippen molar-refractivity contribution in [1.82, 2.24) is 19.6 Å². The quantitative estimate of drug-likeness (QED) is 0.555. The van der Waals surface area contributed by atoms with Crippen LogP contribution in [0.1, 0.15) is 43.7 Å². The molecule has 7 nitrogen and oxygen atoms in total. The van der Waals surface area contributed by atoms with Crippen LogP contribution in [0.2, 0.25) is 0 Å². The smallest absolute Gasteiger partial charge is 0.256 e. The minimum Gasteiger partial charge on any atom is -0.341 e. The van der Waals surface area contributed by atoms with Gasteiger partial charge in [-0.05, 0) is 55.4 Å². The number of hydrogen-bond acceptors (Lipinski definition) is 4. The van der Waals surface area contributed by atoms with Gasteiger partial charge in [-0.1, -0.05) is 37.3 Å². The third-order valence-corrected chi connectivity index (χ3v) is 8.71. The number of nitrogens with zero attached hydrogens (tertiary/aromatic N) is 5. The van der Waals surface area contributed by atoms with Crippen LogP contribution in [0.15, 0.2) is 47.6 Å². The van der Waals surface area contributed by atoms with Crippen LogP contribution in [-0.4, -0.2) is 62.4 Å². The maximum atomic E-state index is 13.4. The van der Waals surface area contributed by atoms with E-state index in [0.717, 1.165) is 77.8 Å². The lowest BCUT2D eigenvalue weighted by molar-refractivity contribution is -0.143. The van der Waals surface area contributed by atoms with E-state index in [1.165, 1.54) is 0 Å². The Morgan fingerprint density at radius 2 is 1.86 bits per heavy atom. The highest BCUT2D eigenvalue weighted by molar-refractivity contribution is 6.17. The molecule has 2 saturated carbocycles. The van der Waals surface area contributed by atoms with Crippen LogP contribution in [0, 0.1) is 18.3 Å². The molecule has 2 aliphatic heterocycles. The third-order valence-electron chi connectivity index (χ3n) is 8.71. The van der Waals surface area contributed by atoms with Crippen LogP contribution >= 0.6 is 0 Å². The number of carbonyl (C=O) groups is 2. The van der Waals surface area contributed by atoms with E-state index in [0.29, 0.717) is 12.5 Å². The molecule has 2 aromatic carbocycles. The third kappa shape index (κ3) is 3.18. The predicted octanol–water partition coefficient (Wildman–Crippen LogP) is 3.93. The van der Waals surface area contributed by atoms with E-state index >= 15 is 0 Å². The highest BCUT2D eigenvalue weighted by Crippen LogP contribution is 2.48. The zero-order valence-corrected chi connectivity index (χ0v) is 21.1. The molecule has 4 aliphatic rings. The van der Waals surface area contributed by atoms with Gasteiger partial charge in [-0.2, -0.15) is 5.10 Å². The molecule has 2 amide bonds. The summed E-state index contributed by atoms with van der Waals surface area (Å²) in [6.07, 6.45) is 5.59. The van der Waals surface area contributed by atoms with E-state index in [2.05, 4.69) is 55.3 Å². The summed E-state index contributed by atoms with van der Waals surface area (Å²) in [6.45, 7) is 6.29. The van der Waals surface area contributed by atoms with Crippen molar-refractivity contribution in [2.75, 3.05) is 19.6 Å². The van der Waals surface area contributed by atoms with Gasteiger partial charge in [0.2, 0.25) is 5.91 Å². The van der Waals surface area contributed by atoms with E-state index in [1.807, 2.05) is 27.7 Å². The molecule has 36 heavy (non-hydrogen) atoms. The summed E-state index contributed by atoms with van der Waals surface area (Å²) in [5.41, 5.74) is 4.85. The fraction of sp³-hybridized carbons (Fsp3) is 0.448. The molecule has 1 saturated heterocycles. The molecule has 0 atom stereocenters. The van der Waals surface area contributed by atoms with E-state index in [1.54, 1.807) is 0 Å². The molecular formula is C29H31N5O2. The molecule has 0 radical (unpaired) electrons. The van der Waals surface area contributed by atoms with Gasteiger partial charge < -0.3 is 4.90 Å². The normalized spacial score (nSPS) is 21.8. The first-order valence-electron chi connectivity index (χ1n) is 13.0. The highest BCUT2D eigenvalue weighted by Gasteiger charge is 2.58. The standard InChI is InChI=1S/C29H31N5O2/c1-18-13-20(22-5-4-6-24-23(22)14-30-32(24)3)7-8-21(18)25-31-29(11-12-29)27(36)34(25)17-19-15-33(16-19)26(35)28(2)9-10-28/h4-8,13-14,19H,9-12,15-17H2,1-3H3. The van der Waals surface area contributed by atoms with Crippen LogP contribution in [0.5, 0.6) is 0 Å². The molecule has 7 heteroatoms. The van der Waals surface area contributed by atoms with Gasteiger partial charge >= 0.3 is 0 Å². The molecule has 3 aromatic rings. The number of rotatable bonds is 5. The second-order valence-electron chi connectivity index (χ2n) is 11.6. The zero-order valence-electron chi connectivity index (χ0n) is 21.1. The molecular weight excluding hydrogens is 450 g/mol. The van der Waals surface area contributed by atoms with E-state index in [4.69, 9.17) is 4.99 Å². The van der Waals surface area contributed by atoms with Crippen molar-refractivity contribution in [3.8, 4) is 11.1 Å². The lowest BCUT2D eigenvalue weighted by Crippen LogP contribution is -2.56. The second kappa shape index (κ2) is 7.28. The van der Waals surface area contributed by atoms with Gasteiger partial charge in [-0.15, -0.1) is 0 Å². The van der Waals surface area contributed by atoms with Crippen molar-refractivity contribution >= 4 is 28.6 Å². The molecule has 7 rings (SSSR count). The fourth-order valence-corrected chi connectivity index (χ4v) is 5.88. The predicted molar refractivity (Wildman–Crippen MR) is 139 cm³/mol. The van der Waals surface area contributed by atoms with Gasteiger partial charge in [0.1, 0.15) is 11.4 Å². The molecule has 0 unspecified atom stereocenters. The van der Waals surface area contributed by atoms with E-state index < -0.39 is 5.54 Å². The number of fused-ring (bicyclic) bond motifs is 1. The number of amides is 2. The summed E-state index contributed by atoms with van der Waals surface area (Å²) in [7, 11) is 1.96. The van der Waals surface area contributed by atoms with Gasteiger partial charge in [0.15, 0.2) is 0 Å². The summed E-state index contributed by atoms with van der Waals surface area (Å²) >= 11 is 0. The Morgan fingerprint density at radius 1 is 1.08 bits per heavy atom.